The summed E-state index contributed by atoms with van der Waals surface area (Å²) in [6, 6.07) is 0. The lowest BCUT2D eigenvalue weighted by molar-refractivity contribution is -0.167. The topological polar surface area (TPSA) is 78.9 Å². The molecule has 6 heteroatoms. The smallest absolute Gasteiger partial charge is 0.306 e. The van der Waals surface area contributed by atoms with E-state index in [-0.39, 0.29) is 44.0 Å². The fourth-order valence-electron chi connectivity index (χ4n) is 6.99. The zero-order chi connectivity index (χ0) is 50.7. The quantitative estimate of drug-likeness (QED) is 0.0262. The predicted octanol–water partition coefficient (Wildman–Crippen LogP) is 18.8. The molecule has 0 amide bonds. The van der Waals surface area contributed by atoms with Crippen molar-refractivity contribution in [3.63, 3.8) is 0 Å². The summed E-state index contributed by atoms with van der Waals surface area (Å²) in [6.07, 6.45) is 81.3. The van der Waals surface area contributed by atoms with E-state index in [0.29, 0.717) is 19.3 Å². The summed E-state index contributed by atoms with van der Waals surface area (Å²) in [5, 5.41) is 0. The molecule has 0 spiro atoms. The minimum atomic E-state index is -0.823. The lowest BCUT2D eigenvalue weighted by atomic mass is 10.1. The van der Waals surface area contributed by atoms with Crippen LogP contribution in [0.25, 0.3) is 0 Å². The van der Waals surface area contributed by atoms with Gasteiger partial charge in [0.15, 0.2) is 6.10 Å². The first-order valence-corrected chi connectivity index (χ1v) is 27.8. The van der Waals surface area contributed by atoms with Crippen LogP contribution >= 0.6 is 0 Å². The molecule has 0 fully saturated rings. The molecule has 0 rings (SSSR count). The number of unbranched alkanes of at least 4 members (excludes halogenated alkanes) is 13. The number of carbonyl (C=O) groups is 3. The van der Waals surface area contributed by atoms with Crippen molar-refractivity contribution in [1.29, 1.82) is 0 Å². The third-order valence-electron chi connectivity index (χ3n) is 11.1. The van der Waals surface area contributed by atoms with Crippen molar-refractivity contribution in [2.75, 3.05) is 13.2 Å². The Balaban J connectivity index is 4.52. The Hall–Kier alpha value is -4.71. The van der Waals surface area contributed by atoms with Crippen LogP contribution in [0.3, 0.4) is 0 Å². The molecular weight excluding hydrogens is 865 g/mol. The summed E-state index contributed by atoms with van der Waals surface area (Å²) < 4.78 is 16.7. The minimum absolute atomic E-state index is 0.114. The molecule has 6 nitrogen and oxygen atoms in total. The third kappa shape index (κ3) is 54.2. The minimum Gasteiger partial charge on any atom is -0.462 e. The molecule has 0 radical (unpaired) electrons. The standard InChI is InChI=1S/C64H100O6/c1-4-7-10-13-16-19-22-24-26-28-30-31-32-33-35-36-38-40-42-45-48-51-54-57-63(66)69-60-61(59-68-62(65)56-53-50-47-44-21-18-15-12-9-6-3)70-64(67)58-55-52-49-46-43-41-39-37-34-29-27-25-23-20-17-14-11-8-5-2/h7-8,10-11,16-17,19-20,24-27,30-31,33-35,37-38,40-41,43,45,48,61H,4-6,9,12-15,18,21-23,28-29,32,36,39,42,44,46-47,49-60H2,1-3H3/b10-7-,11-8-,19-16-,20-17-,26-24-,27-25-,31-30-,35-33-,37-34-,40-38-,43-41-,48-45-. The van der Waals surface area contributed by atoms with Gasteiger partial charge in [0.1, 0.15) is 13.2 Å². The van der Waals surface area contributed by atoms with Crippen LogP contribution in [0.15, 0.2) is 146 Å². The molecule has 1 unspecified atom stereocenters. The van der Waals surface area contributed by atoms with Gasteiger partial charge in [-0.25, -0.2) is 0 Å². The fourth-order valence-corrected chi connectivity index (χ4v) is 6.99. The van der Waals surface area contributed by atoms with Crippen LogP contribution < -0.4 is 0 Å². The molecule has 0 aromatic heterocycles. The van der Waals surface area contributed by atoms with Crippen LogP contribution in [0.2, 0.25) is 0 Å². The van der Waals surface area contributed by atoms with Gasteiger partial charge in [0.2, 0.25) is 0 Å². The average Bonchev–Trinajstić information content (AvgIpc) is 3.36. The number of hydrogen-bond acceptors (Lipinski definition) is 6. The molecule has 70 heavy (non-hydrogen) atoms. The van der Waals surface area contributed by atoms with E-state index in [4.69, 9.17) is 14.2 Å². The third-order valence-corrected chi connectivity index (χ3v) is 11.1. The second-order valence-electron chi connectivity index (χ2n) is 17.7. The Labute approximate surface area is 429 Å². The van der Waals surface area contributed by atoms with E-state index in [0.717, 1.165) is 122 Å². The maximum atomic E-state index is 12.8. The Morgan fingerprint density at radius 1 is 0.300 bits per heavy atom. The summed E-state index contributed by atoms with van der Waals surface area (Å²) in [5.41, 5.74) is 0. The molecule has 0 aliphatic rings. The second-order valence-corrected chi connectivity index (χ2v) is 17.7. The van der Waals surface area contributed by atoms with Gasteiger partial charge in [0.05, 0.1) is 0 Å². The van der Waals surface area contributed by atoms with Crippen LogP contribution in [-0.2, 0) is 28.6 Å². The van der Waals surface area contributed by atoms with E-state index in [1.165, 1.54) is 44.9 Å². The number of rotatable bonds is 48. The van der Waals surface area contributed by atoms with Crippen LogP contribution in [0.1, 0.15) is 220 Å². The largest absolute Gasteiger partial charge is 0.462 e. The van der Waals surface area contributed by atoms with Crippen molar-refractivity contribution >= 4 is 17.9 Å². The van der Waals surface area contributed by atoms with Crippen LogP contribution in [0.5, 0.6) is 0 Å². The average molecular weight is 965 g/mol. The predicted molar refractivity (Wildman–Crippen MR) is 302 cm³/mol. The van der Waals surface area contributed by atoms with Crippen molar-refractivity contribution < 1.29 is 28.6 Å². The first-order chi connectivity index (χ1) is 34.5. The van der Waals surface area contributed by atoms with E-state index in [1.54, 1.807) is 0 Å². The molecule has 0 aliphatic heterocycles. The van der Waals surface area contributed by atoms with Gasteiger partial charge in [0, 0.05) is 19.3 Å². The van der Waals surface area contributed by atoms with Gasteiger partial charge in [0.25, 0.3) is 0 Å². The molecule has 0 saturated carbocycles. The Morgan fingerprint density at radius 2 is 0.571 bits per heavy atom. The maximum Gasteiger partial charge on any atom is 0.306 e. The summed E-state index contributed by atoms with van der Waals surface area (Å²) in [5.74, 6) is -1.02. The van der Waals surface area contributed by atoms with Crippen molar-refractivity contribution in [2.24, 2.45) is 0 Å². The van der Waals surface area contributed by atoms with E-state index in [1.807, 2.05) is 0 Å². The van der Waals surface area contributed by atoms with Gasteiger partial charge in [-0.05, 0) is 116 Å². The Kier molecular flexibility index (Phi) is 53.0. The normalized spacial score (nSPS) is 13.2. The highest BCUT2D eigenvalue weighted by molar-refractivity contribution is 5.71. The molecule has 0 N–H and O–H groups in total. The Morgan fingerprint density at radius 3 is 0.929 bits per heavy atom. The van der Waals surface area contributed by atoms with E-state index >= 15 is 0 Å². The van der Waals surface area contributed by atoms with Crippen molar-refractivity contribution in [1.82, 2.24) is 0 Å². The van der Waals surface area contributed by atoms with Crippen molar-refractivity contribution in [3.8, 4) is 0 Å². The molecule has 1 atom stereocenters. The molecular formula is C64H100O6. The molecule has 0 aromatic carbocycles. The van der Waals surface area contributed by atoms with Crippen LogP contribution in [0.4, 0.5) is 0 Å². The summed E-state index contributed by atoms with van der Waals surface area (Å²) >= 11 is 0. The summed E-state index contributed by atoms with van der Waals surface area (Å²) in [7, 11) is 0. The molecule has 392 valence electrons. The lowest BCUT2D eigenvalue weighted by Crippen LogP contribution is -2.30. The van der Waals surface area contributed by atoms with E-state index in [9.17, 15) is 14.4 Å². The molecule has 0 aliphatic carbocycles. The molecule has 0 aromatic rings. The molecule has 0 saturated heterocycles. The Bertz CT molecular complexity index is 1580. The van der Waals surface area contributed by atoms with E-state index < -0.39 is 6.10 Å². The highest BCUT2D eigenvalue weighted by Gasteiger charge is 2.19. The molecule has 0 heterocycles. The van der Waals surface area contributed by atoms with Gasteiger partial charge in [-0.15, -0.1) is 0 Å². The number of esters is 3. The zero-order valence-electron chi connectivity index (χ0n) is 44.7. The number of allylic oxidation sites excluding steroid dienone is 24. The summed E-state index contributed by atoms with van der Waals surface area (Å²) in [4.78, 5) is 38.0. The van der Waals surface area contributed by atoms with Crippen molar-refractivity contribution in [2.45, 2.75) is 226 Å². The van der Waals surface area contributed by atoms with Gasteiger partial charge < -0.3 is 14.2 Å². The van der Waals surface area contributed by atoms with Crippen LogP contribution in [0, 0.1) is 0 Å². The SMILES string of the molecule is CC/C=C\C/C=C\C/C=C\C/C=C\C/C=C\C/C=C\C/C=C\CCCC(=O)OCC(COC(=O)CCCCCCCCCCCC)OC(=O)CCCCC/C=C\C/C=C\C/C=C\C/C=C\C/C=C\CC. The van der Waals surface area contributed by atoms with E-state index in [2.05, 4.69) is 167 Å². The monoisotopic (exact) mass is 965 g/mol. The molecule has 0 bridgehead atoms. The van der Waals surface area contributed by atoms with Gasteiger partial charge in [-0.2, -0.15) is 0 Å². The first kappa shape index (κ1) is 65.3. The lowest BCUT2D eigenvalue weighted by Gasteiger charge is -2.18. The zero-order valence-corrected chi connectivity index (χ0v) is 44.7. The highest BCUT2D eigenvalue weighted by Crippen LogP contribution is 2.13. The maximum absolute atomic E-state index is 12.8. The summed E-state index contributed by atoms with van der Waals surface area (Å²) in [6.45, 7) is 6.30. The van der Waals surface area contributed by atoms with Crippen molar-refractivity contribution in [3.05, 3.63) is 146 Å². The van der Waals surface area contributed by atoms with Gasteiger partial charge in [-0.3, -0.25) is 14.4 Å². The highest BCUT2D eigenvalue weighted by atomic mass is 16.6. The fraction of sp³-hybridized carbons (Fsp3) is 0.578. The second kappa shape index (κ2) is 56.9. The number of hydrogen-bond donors (Lipinski definition) is 0. The van der Waals surface area contributed by atoms with Gasteiger partial charge in [-0.1, -0.05) is 231 Å². The van der Waals surface area contributed by atoms with Gasteiger partial charge >= 0.3 is 17.9 Å². The number of ether oxygens (including phenoxy) is 3. The first-order valence-electron chi connectivity index (χ1n) is 27.8. The number of carbonyl (C=O) groups excluding carboxylic acids is 3. The van der Waals surface area contributed by atoms with Crippen LogP contribution in [-0.4, -0.2) is 37.2 Å².